The molecule has 0 rings (SSSR count). The van der Waals surface area contributed by atoms with E-state index in [-0.39, 0.29) is 11.8 Å². The third-order valence-corrected chi connectivity index (χ3v) is 2.57. The average Bonchev–Trinajstić information content (AvgIpc) is 2.31. The minimum absolute atomic E-state index is 0.0982. The third kappa shape index (κ3) is 8.89. The Kier molecular flexibility index (Phi) is 9.70. The van der Waals surface area contributed by atoms with Gasteiger partial charge in [0.15, 0.2) is 4.84 Å². The number of unbranched alkanes of at least 4 members (excludes halogenated alkanes) is 3. The third-order valence-electron chi connectivity index (χ3n) is 2.17. The van der Waals surface area contributed by atoms with E-state index < -0.39 is 16.7 Å². The Morgan fingerprint density at radius 2 is 1.89 bits per heavy atom. The molecule has 0 radical (unpaired) electrons. The summed E-state index contributed by atoms with van der Waals surface area (Å²) in [6, 6.07) is 0. The van der Waals surface area contributed by atoms with Gasteiger partial charge >= 0.3 is 5.97 Å². The SMILES string of the molecule is CCCCCC=C(NC(=O)C(Cl)Cl)C(=O)OC(C)C. The molecule has 0 aromatic heterocycles. The molecule has 0 aliphatic heterocycles. The molecule has 0 aromatic rings. The highest BCUT2D eigenvalue weighted by Crippen LogP contribution is 2.07. The second kappa shape index (κ2) is 10.1. The van der Waals surface area contributed by atoms with Crippen LogP contribution in [0.2, 0.25) is 0 Å². The zero-order chi connectivity index (χ0) is 14.8. The molecule has 0 aliphatic carbocycles. The van der Waals surface area contributed by atoms with Gasteiger partial charge in [0, 0.05) is 0 Å². The number of rotatable bonds is 8. The van der Waals surface area contributed by atoms with Crippen LogP contribution in [0.5, 0.6) is 0 Å². The number of halogens is 2. The zero-order valence-electron chi connectivity index (χ0n) is 11.5. The Balaban J connectivity index is 4.62. The van der Waals surface area contributed by atoms with Crippen LogP contribution in [-0.4, -0.2) is 22.8 Å². The number of hydrogen-bond donors (Lipinski definition) is 1. The maximum atomic E-state index is 11.8. The van der Waals surface area contributed by atoms with Gasteiger partial charge in [-0.2, -0.15) is 0 Å². The van der Waals surface area contributed by atoms with Crippen molar-refractivity contribution in [3.8, 4) is 0 Å². The van der Waals surface area contributed by atoms with Crippen molar-refractivity contribution in [2.24, 2.45) is 0 Å². The number of alkyl halides is 2. The first-order valence-corrected chi connectivity index (χ1v) is 7.25. The first-order chi connectivity index (χ1) is 8.88. The molecule has 0 heterocycles. The lowest BCUT2D eigenvalue weighted by Gasteiger charge is -2.12. The summed E-state index contributed by atoms with van der Waals surface area (Å²) in [5.74, 6) is -1.21. The summed E-state index contributed by atoms with van der Waals surface area (Å²) in [6.45, 7) is 5.56. The molecule has 1 N–H and O–H groups in total. The molecule has 0 aliphatic rings. The predicted molar refractivity (Wildman–Crippen MR) is 77.1 cm³/mol. The van der Waals surface area contributed by atoms with Crippen molar-refractivity contribution in [1.29, 1.82) is 0 Å². The highest BCUT2D eigenvalue weighted by molar-refractivity contribution is 6.53. The van der Waals surface area contributed by atoms with Crippen LogP contribution in [0.4, 0.5) is 0 Å². The number of allylic oxidation sites excluding steroid dienone is 1. The van der Waals surface area contributed by atoms with Crippen LogP contribution in [0.15, 0.2) is 11.8 Å². The minimum atomic E-state index is -1.22. The fourth-order valence-electron chi connectivity index (χ4n) is 1.29. The molecule has 0 atom stereocenters. The molecular weight excluding hydrogens is 289 g/mol. The molecule has 0 aromatic carbocycles. The van der Waals surface area contributed by atoms with E-state index in [0.29, 0.717) is 6.42 Å². The quantitative estimate of drug-likeness (QED) is 0.324. The van der Waals surface area contributed by atoms with Gasteiger partial charge in [0.25, 0.3) is 5.91 Å². The maximum Gasteiger partial charge on any atom is 0.354 e. The van der Waals surface area contributed by atoms with Crippen LogP contribution in [0.25, 0.3) is 0 Å². The number of amides is 1. The normalized spacial score (nSPS) is 11.8. The molecule has 0 spiro atoms. The fraction of sp³-hybridized carbons (Fsp3) is 0.692. The van der Waals surface area contributed by atoms with Crippen LogP contribution in [0, 0.1) is 0 Å². The Bertz CT molecular complexity index is 328. The first-order valence-electron chi connectivity index (χ1n) is 6.38. The maximum absolute atomic E-state index is 11.8. The van der Waals surface area contributed by atoms with Gasteiger partial charge < -0.3 is 10.1 Å². The zero-order valence-corrected chi connectivity index (χ0v) is 13.1. The molecule has 1 amide bonds. The second-order valence-electron chi connectivity index (χ2n) is 4.36. The van der Waals surface area contributed by atoms with Gasteiger partial charge in [0.05, 0.1) is 6.10 Å². The van der Waals surface area contributed by atoms with Crippen molar-refractivity contribution in [3.05, 3.63) is 11.8 Å². The van der Waals surface area contributed by atoms with Crippen LogP contribution >= 0.6 is 23.2 Å². The van der Waals surface area contributed by atoms with E-state index in [4.69, 9.17) is 27.9 Å². The van der Waals surface area contributed by atoms with Gasteiger partial charge in [-0.3, -0.25) is 4.79 Å². The Hall–Kier alpha value is -0.740. The number of esters is 1. The number of hydrogen-bond acceptors (Lipinski definition) is 3. The van der Waals surface area contributed by atoms with Gasteiger partial charge in [-0.25, -0.2) is 4.79 Å². The molecule has 0 bridgehead atoms. The largest absolute Gasteiger partial charge is 0.458 e. The van der Waals surface area contributed by atoms with Crippen molar-refractivity contribution in [1.82, 2.24) is 5.32 Å². The van der Waals surface area contributed by atoms with E-state index in [2.05, 4.69) is 12.2 Å². The van der Waals surface area contributed by atoms with Crippen LogP contribution in [0.1, 0.15) is 46.5 Å². The number of ether oxygens (including phenoxy) is 1. The molecular formula is C13H21Cl2NO3. The highest BCUT2D eigenvalue weighted by atomic mass is 35.5. The van der Waals surface area contributed by atoms with Gasteiger partial charge in [0.2, 0.25) is 0 Å². The Morgan fingerprint density at radius 3 is 2.37 bits per heavy atom. The summed E-state index contributed by atoms with van der Waals surface area (Å²) >= 11 is 10.9. The van der Waals surface area contributed by atoms with Gasteiger partial charge in [-0.1, -0.05) is 49.0 Å². The number of carbonyl (C=O) groups excluding carboxylic acids is 2. The summed E-state index contributed by atoms with van der Waals surface area (Å²) < 4.78 is 5.04. The summed E-state index contributed by atoms with van der Waals surface area (Å²) in [4.78, 5) is 22.0. The standard InChI is InChI=1S/C13H21Cl2NO3/c1-4-5-6-7-8-10(13(18)19-9(2)3)16-12(17)11(14)15/h8-9,11H,4-7H2,1-3H3,(H,16,17). The predicted octanol–water partition coefficient (Wildman–Crippen LogP) is 3.32. The second-order valence-corrected chi connectivity index (χ2v) is 5.45. The van der Waals surface area contributed by atoms with E-state index in [1.54, 1.807) is 19.9 Å². The van der Waals surface area contributed by atoms with Crippen molar-refractivity contribution in [2.45, 2.75) is 57.4 Å². The molecule has 0 unspecified atom stereocenters. The topological polar surface area (TPSA) is 55.4 Å². The molecule has 110 valence electrons. The summed E-state index contributed by atoms with van der Waals surface area (Å²) in [7, 11) is 0. The molecule has 0 fully saturated rings. The molecule has 4 nitrogen and oxygen atoms in total. The monoisotopic (exact) mass is 309 g/mol. The smallest absolute Gasteiger partial charge is 0.354 e. The summed E-state index contributed by atoms with van der Waals surface area (Å²) in [5.41, 5.74) is 0.0982. The Morgan fingerprint density at radius 1 is 1.26 bits per heavy atom. The summed E-state index contributed by atoms with van der Waals surface area (Å²) in [6.07, 6.45) is 5.16. The van der Waals surface area contributed by atoms with Crippen molar-refractivity contribution in [2.75, 3.05) is 0 Å². The lowest BCUT2D eigenvalue weighted by atomic mass is 10.2. The number of carbonyl (C=O) groups is 2. The molecule has 0 saturated carbocycles. The lowest BCUT2D eigenvalue weighted by Crippen LogP contribution is -2.33. The van der Waals surface area contributed by atoms with E-state index in [1.165, 1.54) is 0 Å². The molecule has 19 heavy (non-hydrogen) atoms. The average molecular weight is 310 g/mol. The fourth-order valence-corrected chi connectivity index (χ4v) is 1.40. The molecule has 6 heteroatoms. The van der Waals surface area contributed by atoms with Crippen LogP contribution in [0.3, 0.4) is 0 Å². The van der Waals surface area contributed by atoms with E-state index in [0.717, 1.165) is 19.3 Å². The van der Waals surface area contributed by atoms with Crippen molar-refractivity contribution in [3.63, 3.8) is 0 Å². The first kappa shape index (κ1) is 18.3. The Labute approximate surface area is 124 Å². The van der Waals surface area contributed by atoms with E-state index in [1.807, 2.05) is 0 Å². The van der Waals surface area contributed by atoms with Gasteiger partial charge in [-0.15, -0.1) is 0 Å². The van der Waals surface area contributed by atoms with Crippen molar-refractivity contribution >= 4 is 35.1 Å². The summed E-state index contributed by atoms with van der Waals surface area (Å²) in [5, 5.41) is 2.38. The number of nitrogens with one attached hydrogen (secondary N) is 1. The van der Waals surface area contributed by atoms with E-state index in [9.17, 15) is 9.59 Å². The molecule has 0 saturated heterocycles. The van der Waals surface area contributed by atoms with Gasteiger partial charge in [0.1, 0.15) is 5.70 Å². The van der Waals surface area contributed by atoms with Crippen LogP contribution in [-0.2, 0) is 14.3 Å². The van der Waals surface area contributed by atoms with Crippen LogP contribution < -0.4 is 5.32 Å². The minimum Gasteiger partial charge on any atom is -0.458 e. The van der Waals surface area contributed by atoms with E-state index >= 15 is 0 Å². The van der Waals surface area contributed by atoms with Gasteiger partial charge in [-0.05, 0) is 26.7 Å². The highest BCUT2D eigenvalue weighted by Gasteiger charge is 2.19. The lowest BCUT2D eigenvalue weighted by molar-refractivity contribution is -0.144. The van der Waals surface area contributed by atoms with Crippen molar-refractivity contribution < 1.29 is 14.3 Å².